The lowest BCUT2D eigenvalue weighted by atomic mass is 10.1. The second-order valence-electron chi connectivity index (χ2n) is 4.28. The molecule has 1 aromatic heterocycles. The minimum atomic E-state index is 0.971. The first kappa shape index (κ1) is 10.1. The summed E-state index contributed by atoms with van der Waals surface area (Å²) in [5.74, 6) is 0.971. The number of allylic oxidation sites excluding steroid dienone is 1. The number of aryl methyl sites for hydroxylation is 1. The summed E-state index contributed by atoms with van der Waals surface area (Å²) in [5, 5.41) is 0. The van der Waals surface area contributed by atoms with Crippen LogP contribution in [-0.4, -0.2) is 4.98 Å². The SMILES string of the molecule is Cc1ccc(N2C=CCc3ccccc32)nc1. The zero-order chi connectivity index (χ0) is 11.7. The first-order valence-corrected chi connectivity index (χ1v) is 5.81. The average molecular weight is 222 g/mol. The highest BCUT2D eigenvalue weighted by molar-refractivity contribution is 5.68. The summed E-state index contributed by atoms with van der Waals surface area (Å²) in [4.78, 5) is 6.61. The molecule has 17 heavy (non-hydrogen) atoms. The number of aromatic nitrogens is 1. The van der Waals surface area contributed by atoms with Crippen LogP contribution in [-0.2, 0) is 6.42 Å². The zero-order valence-electron chi connectivity index (χ0n) is 9.80. The van der Waals surface area contributed by atoms with Gasteiger partial charge in [0.15, 0.2) is 0 Å². The highest BCUT2D eigenvalue weighted by atomic mass is 15.2. The van der Waals surface area contributed by atoms with Crippen LogP contribution in [0.3, 0.4) is 0 Å². The monoisotopic (exact) mass is 222 g/mol. The average Bonchev–Trinajstić information content (AvgIpc) is 2.39. The quantitative estimate of drug-likeness (QED) is 0.733. The highest BCUT2D eigenvalue weighted by Gasteiger charge is 2.14. The molecule has 0 N–H and O–H groups in total. The molecule has 0 aliphatic carbocycles. The van der Waals surface area contributed by atoms with Crippen molar-refractivity contribution in [3.63, 3.8) is 0 Å². The molecule has 2 heteroatoms. The minimum Gasteiger partial charge on any atom is -0.302 e. The van der Waals surface area contributed by atoms with E-state index in [1.165, 1.54) is 16.8 Å². The van der Waals surface area contributed by atoms with Gasteiger partial charge in [-0.25, -0.2) is 4.98 Å². The molecule has 0 saturated heterocycles. The van der Waals surface area contributed by atoms with E-state index >= 15 is 0 Å². The maximum absolute atomic E-state index is 4.48. The van der Waals surface area contributed by atoms with E-state index in [2.05, 4.69) is 65.5 Å². The van der Waals surface area contributed by atoms with Gasteiger partial charge in [0.2, 0.25) is 0 Å². The first-order valence-electron chi connectivity index (χ1n) is 5.81. The Morgan fingerprint density at radius 3 is 2.82 bits per heavy atom. The van der Waals surface area contributed by atoms with Crippen LogP contribution in [0.25, 0.3) is 0 Å². The Balaban J connectivity index is 2.06. The fourth-order valence-electron chi connectivity index (χ4n) is 2.09. The topological polar surface area (TPSA) is 16.1 Å². The zero-order valence-corrected chi connectivity index (χ0v) is 9.80. The number of rotatable bonds is 1. The Labute approximate surface area is 101 Å². The molecule has 0 unspecified atom stereocenters. The first-order chi connectivity index (χ1) is 8.34. The van der Waals surface area contributed by atoms with Crippen LogP contribution in [0, 0.1) is 6.92 Å². The van der Waals surface area contributed by atoms with Crippen molar-refractivity contribution in [2.24, 2.45) is 0 Å². The molecule has 1 aromatic carbocycles. The highest BCUT2D eigenvalue weighted by Crippen LogP contribution is 2.31. The third-order valence-corrected chi connectivity index (χ3v) is 2.99. The standard InChI is InChI=1S/C15H14N2/c1-12-8-9-15(16-11-12)17-10-4-6-13-5-2-3-7-14(13)17/h2-5,7-11H,6H2,1H3. The summed E-state index contributed by atoms with van der Waals surface area (Å²) in [6, 6.07) is 12.6. The van der Waals surface area contributed by atoms with Gasteiger partial charge in [-0.1, -0.05) is 30.3 Å². The van der Waals surface area contributed by atoms with Gasteiger partial charge in [0.25, 0.3) is 0 Å². The lowest BCUT2D eigenvalue weighted by molar-refractivity contribution is 1.09. The van der Waals surface area contributed by atoms with Crippen molar-refractivity contribution < 1.29 is 0 Å². The molecule has 84 valence electrons. The van der Waals surface area contributed by atoms with Crippen molar-refractivity contribution in [3.8, 4) is 0 Å². The summed E-state index contributed by atoms with van der Waals surface area (Å²) in [7, 11) is 0. The number of hydrogen-bond donors (Lipinski definition) is 0. The van der Waals surface area contributed by atoms with Gasteiger partial charge in [-0.15, -0.1) is 0 Å². The van der Waals surface area contributed by atoms with Crippen molar-refractivity contribution in [2.45, 2.75) is 13.3 Å². The van der Waals surface area contributed by atoms with Crippen LogP contribution in [0.1, 0.15) is 11.1 Å². The maximum atomic E-state index is 4.48. The molecule has 0 fully saturated rings. The number of para-hydroxylation sites is 1. The molecule has 2 nitrogen and oxygen atoms in total. The fraction of sp³-hybridized carbons (Fsp3) is 0.133. The number of fused-ring (bicyclic) bond motifs is 1. The van der Waals surface area contributed by atoms with Gasteiger partial charge in [-0.05, 0) is 36.6 Å². The van der Waals surface area contributed by atoms with Gasteiger partial charge in [0.1, 0.15) is 5.82 Å². The maximum Gasteiger partial charge on any atom is 0.137 e. The molecule has 1 aliphatic heterocycles. The molecular weight excluding hydrogens is 208 g/mol. The number of benzene rings is 1. The molecule has 0 saturated carbocycles. The lowest BCUT2D eigenvalue weighted by Crippen LogP contribution is -2.15. The van der Waals surface area contributed by atoms with Crippen molar-refractivity contribution in [1.29, 1.82) is 0 Å². The molecule has 3 rings (SSSR count). The van der Waals surface area contributed by atoms with Crippen LogP contribution in [0.15, 0.2) is 54.9 Å². The summed E-state index contributed by atoms with van der Waals surface area (Å²) < 4.78 is 0. The Morgan fingerprint density at radius 2 is 2.00 bits per heavy atom. The van der Waals surface area contributed by atoms with Crippen LogP contribution < -0.4 is 4.90 Å². The lowest BCUT2D eigenvalue weighted by Gasteiger charge is -2.25. The van der Waals surface area contributed by atoms with Crippen LogP contribution in [0.5, 0.6) is 0 Å². The number of anilines is 2. The largest absolute Gasteiger partial charge is 0.302 e. The predicted octanol–water partition coefficient (Wildman–Crippen LogP) is 3.60. The fourth-order valence-corrected chi connectivity index (χ4v) is 2.09. The van der Waals surface area contributed by atoms with Gasteiger partial charge in [-0.2, -0.15) is 0 Å². The molecule has 0 atom stereocenters. The summed E-state index contributed by atoms with van der Waals surface area (Å²) >= 11 is 0. The van der Waals surface area contributed by atoms with E-state index in [4.69, 9.17) is 0 Å². The van der Waals surface area contributed by atoms with E-state index in [9.17, 15) is 0 Å². The van der Waals surface area contributed by atoms with Crippen LogP contribution in [0.4, 0.5) is 11.5 Å². The van der Waals surface area contributed by atoms with Crippen molar-refractivity contribution in [2.75, 3.05) is 4.90 Å². The number of hydrogen-bond acceptors (Lipinski definition) is 2. The van der Waals surface area contributed by atoms with Gasteiger partial charge < -0.3 is 4.90 Å². The summed E-state index contributed by atoms with van der Waals surface area (Å²) in [5.41, 5.74) is 3.76. The normalized spacial score (nSPS) is 13.6. The Morgan fingerprint density at radius 1 is 1.12 bits per heavy atom. The van der Waals surface area contributed by atoms with E-state index in [0.29, 0.717) is 0 Å². The Hall–Kier alpha value is -2.09. The number of pyridine rings is 1. The van der Waals surface area contributed by atoms with E-state index in [1.807, 2.05) is 6.20 Å². The third kappa shape index (κ3) is 1.82. The molecule has 2 heterocycles. The smallest absolute Gasteiger partial charge is 0.137 e. The van der Waals surface area contributed by atoms with Crippen molar-refractivity contribution >= 4 is 11.5 Å². The van der Waals surface area contributed by atoms with Gasteiger partial charge in [0.05, 0.1) is 5.69 Å². The van der Waals surface area contributed by atoms with E-state index < -0.39 is 0 Å². The number of nitrogens with zero attached hydrogens (tertiary/aromatic N) is 2. The van der Waals surface area contributed by atoms with E-state index in [-0.39, 0.29) is 0 Å². The molecular formula is C15H14N2. The molecule has 0 bridgehead atoms. The summed E-state index contributed by atoms with van der Waals surface area (Å²) in [6.45, 7) is 2.05. The second-order valence-corrected chi connectivity index (χ2v) is 4.28. The second kappa shape index (κ2) is 4.06. The van der Waals surface area contributed by atoms with E-state index in [1.54, 1.807) is 0 Å². The van der Waals surface area contributed by atoms with Crippen LogP contribution >= 0.6 is 0 Å². The van der Waals surface area contributed by atoms with E-state index in [0.717, 1.165) is 12.2 Å². The molecule has 0 spiro atoms. The van der Waals surface area contributed by atoms with Crippen molar-refractivity contribution in [3.05, 3.63) is 66.0 Å². The molecule has 0 amide bonds. The van der Waals surface area contributed by atoms with Gasteiger partial charge in [0, 0.05) is 12.4 Å². The summed E-state index contributed by atoms with van der Waals surface area (Å²) in [6.07, 6.45) is 7.17. The molecule has 2 aromatic rings. The predicted molar refractivity (Wildman–Crippen MR) is 70.4 cm³/mol. The van der Waals surface area contributed by atoms with Crippen LogP contribution in [0.2, 0.25) is 0 Å². The Bertz CT molecular complexity index is 555. The third-order valence-electron chi connectivity index (χ3n) is 2.99. The molecule has 1 aliphatic rings. The van der Waals surface area contributed by atoms with Crippen molar-refractivity contribution in [1.82, 2.24) is 4.98 Å². The minimum absolute atomic E-state index is 0.971. The van der Waals surface area contributed by atoms with Gasteiger partial charge in [-0.3, -0.25) is 0 Å². The Kier molecular flexibility index (Phi) is 2.41. The van der Waals surface area contributed by atoms with Gasteiger partial charge >= 0.3 is 0 Å². The molecule has 0 radical (unpaired) electrons.